The number of carbonyl (C=O) groups excluding carboxylic acids is 2. The molecule has 4 heterocycles. The molecule has 2 aliphatic heterocycles. The van der Waals surface area contributed by atoms with Crippen molar-refractivity contribution in [2.75, 3.05) is 26.2 Å². The number of piperazine rings is 1. The van der Waals surface area contributed by atoms with Crippen LogP contribution in [0.5, 0.6) is 0 Å². The van der Waals surface area contributed by atoms with Gasteiger partial charge in [0.2, 0.25) is 0 Å². The van der Waals surface area contributed by atoms with Gasteiger partial charge in [0.25, 0.3) is 0 Å². The van der Waals surface area contributed by atoms with Crippen molar-refractivity contribution in [3.8, 4) is 10.8 Å². The smallest absolute Gasteiger partial charge is 0.410 e. The minimum Gasteiger partial charge on any atom is -0.447 e. The van der Waals surface area contributed by atoms with E-state index in [0.717, 1.165) is 10.7 Å². The monoisotopic (exact) mass is 360 g/mol. The van der Waals surface area contributed by atoms with Gasteiger partial charge >= 0.3 is 12.1 Å². The number of rotatable bonds is 3. The first-order valence-electron chi connectivity index (χ1n) is 7.88. The van der Waals surface area contributed by atoms with E-state index in [-0.39, 0.29) is 18.2 Å². The van der Waals surface area contributed by atoms with Crippen LogP contribution in [0.25, 0.3) is 10.8 Å². The normalized spacial score (nSPS) is 19.5. The van der Waals surface area contributed by atoms with Crippen LogP contribution in [0.4, 0.5) is 9.59 Å². The molecular formula is C15H16N6O3S. The van der Waals surface area contributed by atoms with Gasteiger partial charge in [0.05, 0.1) is 18.3 Å². The average Bonchev–Trinajstić information content (AvgIpc) is 3.27. The van der Waals surface area contributed by atoms with Crippen LogP contribution in [0.2, 0.25) is 0 Å². The van der Waals surface area contributed by atoms with Crippen LogP contribution < -0.4 is 5.32 Å². The maximum atomic E-state index is 12.3. The zero-order chi connectivity index (χ0) is 17.2. The summed E-state index contributed by atoms with van der Waals surface area (Å²) in [4.78, 5) is 40.0. The van der Waals surface area contributed by atoms with Gasteiger partial charge in [-0.25, -0.2) is 24.5 Å². The third kappa shape index (κ3) is 3.25. The minimum absolute atomic E-state index is 0.0481. The van der Waals surface area contributed by atoms with Crippen molar-refractivity contribution in [3.05, 3.63) is 29.5 Å². The number of cyclic esters (lactones) is 1. The lowest BCUT2D eigenvalue weighted by Crippen LogP contribution is -2.55. The lowest BCUT2D eigenvalue weighted by Gasteiger charge is -2.35. The summed E-state index contributed by atoms with van der Waals surface area (Å²) in [5.74, 6) is 0.576. The van der Waals surface area contributed by atoms with Crippen molar-refractivity contribution in [1.82, 2.24) is 30.1 Å². The van der Waals surface area contributed by atoms with Crippen molar-refractivity contribution >= 4 is 23.5 Å². The molecule has 4 rings (SSSR count). The summed E-state index contributed by atoms with van der Waals surface area (Å²) in [6, 6.07) is 1.54. The van der Waals surface area contributed by atoms with E-state index in [9.17, 15) is 9.59 Å². The van der Waals surface area contributed by atoms with Gasteiger partial charge in [-0.1, -0.05) is 0 Å². The van der Waals surface area contributed by atoms with E-state index in [1.165, 1.54) is 11.3 Å². The first-order chi connectivity index (χ1) is 12.2. The molecule has 0 radical (unpaired) electrons. The number of thiazole rings is 1. The molecule has 2 saturated heterocycles. The number of carbonyl (C=O) groups is 2. The molecule has 25 heavy (non-hydrogen) atoms. The Labute approximate surface area is 147 Å². The van der Waals surface area contributed by atoms with Crippen LogP contribution in [0.1, 0.15) is 5.69 Å². The topological polar surface area (TPSA) is 101 Å². The molecule has 2 aromatic heterocycles. The molecule has 0 unspecified atom stereocenters. The molecule has 0 aliphatic carbocycles. The van der Waals surface area contributed by atoms with Crippen LogP contribution in [0, 0.1) is 0 Å². The van der Waals surface area contributed by atoms with Crippen LogP contribution in [0.3, 0.4) is 0 Å². The van der Waals surface area contributed by atoms with E-state index in [1.54, 1.807) is 28.3 Å². The summed E-state index contributed by atoms with van der Waals surface area (Å²) in [5.41, 5.74) is 0.763. The first kappa shape index (κ1) is 15.8. The summed E-state index contributed by atoms with van der Waals surface area (Å²) in [6.07, 6.45) is 3.05. The van der Waals surface area contributed by atoms with Gasteiger partial charge in [-0.15, -0.1) is 11.3 Å². The second kappa shape index (κ2) is 6.63. The Morgan fingerprint density at radius 3 is 3.04 bits per heavy atom. The predicted molar refractivity (Wildman–Crippen MR) is 88.8 cm³/mol. The molecule has 0 spiro atoms. The highest BCUT2D eigenvalue weighted by atomic mass is 32.1. The quantitative estimate of drug-likeness (QED) is 0.874. The number of urea groups is 1. The van der Waals surface area contributed by atoms with E-state index in [0.29, 0.717) is 38.6 Å². The number of nitrogens with one attached hydrogen (secondary N) is 1. The zero-order valence-electron chi connectivity index (χ0n) is 13.3. The third-order valence-electron chi connectivity index (χ3n) is 4.13. The molecule has 0 bridgehead atoms. The van der Waals surface area contributed by atoms with Gasteiger partial charge in [0.1, 0.15) is 6.61 Å². The van der Waals surface area contributed by atoms with E-state index >= 15 is 0 Å². The van der Waals surface area contributed by atoms with Crippen molar-refractivity contribution in [2.45, 2.75) is 12.6 Å². The molecule has 2 fully saturated rings. The number of fused-ring (bicyclic) bond motifs is 1. The zero-order valence-corrected chi connectivity index (χ0v) is 14.1. The van der Waals surface area contributed by atoms with Crippen LogP contribution in [-0.4, -0.2) is 69.2 Å². The molecule has 10 heteroatoms. The van der Waals surface area contributed by atoms with Gasteiger partial charge in [-0.3, -0.25) is 4.90 Å². The molecule has 3 amide bonds. The first-order valence-corrected chi connectivity index (χ1v) is 8.76. The Balaban J connectivity index is 1.32. The van der Waals surface area contributed by atoms with Crippen molar-refractivity contribution in [1.29, 1.82) is 0 Å². The molecule has 0 aromatic carbocycles. The number of ether oxygens (including phenoxy) is 1. The van der Waals surface area contributed by atoms with Gasteiger partial charge in [-0.2, -0.15) is 0 Å². The Kier molecular flexibility index (Phi) is 4.18. The van der Waals surface area contributed by atoms with Crippen molar-refractivity contribution < 1.29 is 14.3 Å². The van der Waals surface area contributed by atoms with Crippen LogP contribution in [0.15, 0.2) is 23.8 Å². The van der Waals surface area contributed by atoms with Gasteiger partial charge in [-0.05, 0) is 6.07 Å². The predicted octanol–water partition coefficient (Wildman–Crippen LogP) is 0.946. The van der Waals surface area contributed by atoms with Crippen molar-refractivity contribution in [2.24, 2.45) is 0 Å². The molecule has 2 aliphatic rings. The lowest BCUT2D eigenvalue weighted by atomic mass is 10.2. The number of aromatic nitrogens is 3. The summed E-state index contributed by atoms with van der Waals surface area (Å²) in [7, 11) is 0. The fourth-order valence-corrected chi connectivity index (χ4v) is 3.62. The fourth-order valence-electron chi connectivity index (χ4n) is 2.85. The maximum absolute atomic E-state index is 12.3. The third-order valence-corrected chi connectivity index (χ3v) is 5.02. The molecular weight excluding hydrogens is 344 g/mol. The fraction of sp³-hybridized carbons (Fsp3) is 0.400. The summed E-state index contributed by atoms with van der Waals surface area (Å²) >= 11 is 1.44. The highest BCUT2D eigenvalue weighted by Gasteiger charge is 2.38. The number of amides is 3. The summed E-state index contributed by atoms with van der Waals surface area (Å²) in [6.45, 7) is 2.16. The summed E-state index contributed by atoms with van der Waals surface area (Å²) in [5, 5.41) is 5.48. The molecule has 130 valence electrons. The Bertz CT molecular complexity index is 783. The Hall–Kier alpha value is -2.75. The standard InChI is InChI=1S/C15H16N6O3S/c22-14(20-4-5-21-11(7-20)8-24-15(21)23)18-6-10-9-25-13(19-10)12-16-2-1-3-17-12/h1-3,9,11H,4-8H2,(H,18,22)/t11-/m1/s1. The number of hydrogen-bond acceptors (Lipinski definition) is 7. The Morgan fingerprint density at radius 2 is 2.20 bits per heavy atom. The van der Waals surface area contributed by atoms with Gasteiger partial charge < -0.3 is 15.0 Å². The van der Waals surface area contributed by atoms with Crippen LogP contribution in [-0.2, 0) is 11.3 Å². The van der Waals surface area contributed by atoms with E-state index in [2.05, 4.69) is 20.3 Å². The molecule has 1 N–H and O–H groups in total. The summed E-state index contributed by atoms with van der Waals surface area (Å²) < 4.78 is 5.01. The van der Waals surface area contributed by atoms with Gasteiger partial charge in [0, 0.05) is 37.4 Å². The molecule has 9 nitrogen and oxygen atoms in total. The van der Waals surface area contributed by atoms with Crippen molar-refractivity contribution in [3.63, 3.8) is 0 Å². The second-order valence-corrected chi connectivity index (χ2v) is 6.60. The molecule has 1 atom stereocenters. The Morgan fingerprint density at radius 1 is 1.36 bits per heavy atom. The second-order valence-electron chi connectivity index (χ2n) is 5.75. The number of nitrogens with zero attached hydrogens (tertiary/aromatic N) is 5. The highest BCUT2D eigenvalue weighted by Crippen LogP contribution is 2.20. The van der Waals surface area contributed by atoms with E-state index in [4.69, 9.17) is 4.74 Å². The SMILES string of the molecule is O=C(NCc1csc(-c2ncccn2)n1)N1CCN2C(=O)OC[C@H]2C1. The lowest BCUT2D eigenvalue weighted by molar-refractivity contribution is 0.127. The van der Waals surface area contributed by atoms with Crippen LogP contribution >= 0.6 is 11.3 Å². The van der Waals surface area contributed by atoms with E-state index < -0.39 is 0 Å². The van der Waals surface area contributed by atoms with Gasteiger partial charge in [0.15, 0.2) is 10.8 Å². The molecule has 2 aromatic rings. The number of hydrogen-bond donors (Lipinski definition) is 1. The highest BCUT2D eigenvalue weighted by molar-refractivity contribution is 7.13. The average molecular weight is 360 g/mol. The largest absolute Gasteiger partial charge is 0.447 e. The van der Waals surface area contributed by atoms with E-state index in [1.807, 2.05) is 5.38 Å². The molecule has 0 saturated carbocycles. The minimum atomic E-state index is -0.289. The maximum Gasteiger partial charge on any atom is 0.410 e.